The van der Waals surface area contributed by atoms with E-state index in [-0.39, 0.29) is 23.4 Å². The van der Waals surface area contributed by atoms with Crippen molar-refractivity contribution >= 4 is 23.1 Å². The standard InChI is InChI=1S/C33H37NO6/c1-8-39-24-14-12-23(13-15-24)34-30(22-10-9-11-25(17-22)40-20(4)5)29(32(36)33(34)37)31(35)27-18-26(19(2)3)28(38-7)16-21(27)6/h9-20,30,35H,8H2,1-7H3/b31-29+. The number of Topliss-reactive ketones (excluding diaryl/α,β-unsaturated/α-hetero) is 1. The number of rotatable bonds is 9. The third-order valence-corrected chi connectivity index (χ3v) is 6.87. The molecule has 1 aliphatic rings. The van der Waals surface area contributed by atoms with Crippen molar-refractivity contribution in [3.63, 3.8) is 0 Å². The highest BCUT2D eigenvalue weighted by molar-refractivity contribution is 6.51. The van der Waals surface area contributed by atoms with Gasteiger partial charge < -0.3 is 19.3 Å². The highest BCUT2D eigenvalue weighted by Gasteiger charge is 2.47. The Morgan fingerprint density at radius 1 is 0.975 bits per heavy atom. The number of aliphatic hydroxyl groups excluding tert-OH is 1. The molecule has 0 saturated carbocycles. The maximum Gasteiger partial charge on any atom is 0.300 e. The van der Waals surface area contributed by atoms with Crippen LogP contribution in [0.3, 0.4) is 0 Å². The molecule has 40 heavy (non-hydrogen) atoms. The van der Waals surface area contributed by atoms with Crippen molar-refractivity contribution < 1.29 is 28.9 Å². The molecule has 1 atom stereocenters. The Morgan fingerprint density at radius 2 is 1.68 bits per heavy atom. The number of nitrogens with zero attached hydrogens (tertiary/aromatic N) is 1. The number of carbonyl (C=O) groups is 2. The molecule has 1 N–H and O–H groups in total. The molecule has 0 aliphatic carbocycles. The third-order valence-electron chi connectivity index (χ3n) is 6.87. The highest BCUT2D eigenvalue weighted by atomic mass is 16.5. The maximum atomic E-state index is 13.7. The zero-order valence-corrected chi connectivity index (χ0v) is 24.1. The Morgan fingerprint density at radius 3 is 2.27 bits per heavy atom. The van der Waals surface area contributed by atoms with Gasteiger partial charge in [0.05, 0.1) is 31.4 Å². The number of hydrogen-bond donors (Lipinski definition) is 1. The predicted molar refractivity (Wildman–Crippen MR) is 156 cm³/mol. The van der Waals surface area contributed by atoms with E-state index in [0.29, 0.717) is 40.7 Å². The molecular formula is C33H37NO6. The lowest BCUT2D eigenvalue weighted by Crippen LogP contribution is -2.29. The van der Waals surface area contributed by atoms with Crippen LogP contribution >= 0.6 is 0 Å². The predicted octanol–water partition coefficient (Wildman–Crippen LogP) is 6.94. The van der Waals surface area contributed by atoms with E-state index >= 15 is 0 Å². The summed E-state index contributed by atoms with van der Waals surface area (Å²) in [6.07, 6.45) is -0.0656. The zero-order valence-electron chi connectivity index (χ0n) is 24.1. The van der Waals surface area contributed by atoms with Crippen LogP contribution in [0.15, 0.2) is 66.2 Å². The lowest BCUT2D eigenvalue weighted by atomic mass is 9.91. The Bertz CT molecular complexity index is 1440. The molecule has 0 bridgehead atoms. The van der Waals surface area contributed by atoms with E-state index in [1.807, 2.05) is 77.9 Å². The first-order valence-corrected chi connectivity index (χ1v) is 13.6. The van der Waals surface area contributed by atoms with Gasteiger partial charge in [-0.15, -0.1) is 0 Å². The number of benzene rings is 3. The van der Waals surface area contributed by atoms with Gasteiger partial charge in [-0.2, -0.15) is 0 Å². The molecule has 1 saturated heterocycles. The topological polar surface area (TPSA) is 85.3 Å². The van der Waals surface area contributed by atoms with E-state index in [1.165, 1.54) is 4.90 Å². The summed E-state index contributed by atoms with van der Waals surface area (Å²) in [7, 11) is 1.61. The molecule has 3 aromatic rings. The Labute approximate surface area is 236 Å². The molecule has 210 valence electrons. The molecule has 0 spiro atoms. The van der Waals surface area contributed by atoms with Gasteiger partial charge in [0.25, 0.3) is 11.7 Å². The summed E-state index contributed by atoms with van der Waals surface area (Å²) in [6.45, 7) is 12.2. The Balaban J connectivity index is 1.95. The lowest BCUT2D eigenvalue weighted by molar-refractivity contribution is -0.132. The summed E-state index contributed by atoms with van der Waals surface area (Å²) in [5, 5.41) is 11.8. The van der Waals surface area contributed by atoms with Gasteiger partial charge in [-0.05, 0) is 98.8 Å². The average Bonchev–Trinajstić information content (AvgIpc) is 3.18. The number of amides is 1. The van der Waals surface area contributed by atoms with E-state index in [0.717, 1.165) is 11.1 Å². The smallest absolute Gasteiger partial charge is 0.300 e. The summed E-state index contributed by atoms with van der Waals surface area (Å²) in [6, 6.07) is 17.1. The second kappa shape index (κ2) is 11.9. The molecule has 7 nitrogen and oxygen atoms in total. The third kappa shape index (κ3) is 5.55. The lowest BCUT2D eigenvalue weighted by Gasteiger charge is -2.26. The van der Waals surface area contributed by atoms with Crippen LogP contribution in [0, 0.1) is 6.92 Å². The molecule has 7 heteroatoms. The van der Waals surface area contributed by atoms with Crippen molar-refractivity contribution in [1.82, 2.24) is 0 Å². The quantitative estimate of drug-likeness (QED) is 0.179. The SMILES string of the molecule is CCOc1ccc(N2C(=O)C(=O)/C(=C(/O)c3cc(C(C)C)c(OC)cc3C)C2c2cccc(OC(C)C)c2)cc1. The van der Waals surface area contributed by atoms with E-state index in [4.69, 9.17) is 14.2 Å². The van der Waals surface area contributed by atoms with Crippen LogP contribution in [0.4, 0.5) is 5.69 Å². The molecule has 1 aliphatic heterocycles. The maximum absolute atomic E-state index is 13.7. The first kappa shape index (κ1) is 28.7. The molecule has 0 radical (unpaired) electrons. The van der Waals surface area contributed by atoms with Crippen molar-refractivity contribution in [2.45, 2.75) is 59.6 Å². The molecule has 1 fully saturated rings. The second-order valence-corrected chi connectivity index (χ2v) is 10.4. The van der Waals surface area contributed by atoms with Crippen LogP contribution in [0.25, 0.3) is 5.76 Å². The highest BCUT2D eigenvalue weighted by Crippen LogP contribution is 2.44. The van der Waals surface area contributed by atoms with Gasteiger partial charge in [-0.25, -0.2) is 0 Å². The molecule has 4 rings (SSSR count). The second-order valence-electron chi connectivity index (χ2n) is 10.4. The van der Waals surface area contributed by atoms with Gasteiger partial charge in [0.1, 0.15) is 23.0 Å². The number of anilines is 1. The van der Waals surface area contributed by atoms with Gasteiger partial charge >= 0.3 is 0 Å². The average molecular weight is 544 g/mol. The van der Waals surface area contributed by atoms with Crippen molar-refractivity contribution in [2.24, 2.45) is 0 Å². The van der Waals surface area contributed by atoms with Crippen LogP contribution in [0.2, 0.25) is 0 Å². The minimum atomic E-state index is -0.877. The number of ketones is 1. The molecule has 3 aromatic carbocycles. The van der Waals surface area contributed by atoms with E-state index < -0.39 is 17.7 Å². The van der Waals surface area contributed by atoms with Crippen LogP contribution in [-0.4, -0.2) is 36.6 Å². The number of carbonyl (C=O) groups excluding carboxylic acids is 2. The summed E-state index contributed by atoms with van der Waals surface area (Å²) >= 11 is 0. The number of methoxy groups -OCH3 is 1. The largest absolute Gasteiger partial charge is 0.507 e. The first-order chi connectivity index (χ1) is 19.1. The molecule has 0 aromatic heterocycles. The van der Waals surface area contributed by atoms with Crippen molar-refractivity contribution in [2.75, 3.05) is 18.6 Å². The van der Waals surface area contributed by atoms with Crippen LogP contribution in [-0.2, 0) is 9.59 Å². The van der Waals surface area contributed by atoms with Crippen molar-refractivity contribution in [1.29, 1.82) is 0 Å². The van der Waals surface area contributed by atoms with Crippen LogP contribution in [0.1, 0.15) is 68.8 Å². The van der Waals surface area contributed by atoms with E-state index in [9.17, 15) is 14.7 Å². The van der Waals surface area contributed by atoms with Gasteiger partial charge in [-0.3, -0.25) is 14.5 Å². The minimum Gasteiger partial charge on any atom is -0.507 e. The first-order valence-electron chi connectivity index (χ1n) is 13.6. The normalized spacial score (nSPS) is 16.6. The fourth-order valence-corrected chi connectivity index (χ4v) is 5.04. The van der Waals surface area contributed by atoms with E-state index in [1.54, 1.807) is 31.4 Å². The molecule has 1 heterocycles. The van der Waals surface area contributed by atoms with Gasteiger partial charge in [0.2, 0.25) is 0 Å². The van der Waals surface area contributed by atoms with Crippen LogP contribution in [0.5, 0.6) is 17.2 Å². The Kier molecular flexibility index (Phi) is 8.52. The number of ether oxygens (including phenoxy) is 3. The monoisotopic (exact) mass is 543 g/mol. The summed E-state index contributed by atoms with van der Waals surface area (Å²) in [5.41, 5.74) is 3.26. The zero-order chi connectivity index (χ0) is 29.1. The summed E-state index contributed by atoms with van der Waals surface area (Å²) < 4.78 is 17.1. The van der Waals surface area contributed by atoms with Crippen molar-refractivity contribution in [3.8, 4) is 17.2 Å². The minimum absolute atomic E-state index is 0.0172. The van der Waals surface area contributed by atoms with Gasteiger partial charge in [0.15, 0.2) is 0 Å². The molecular weight excluding hydrogens is 506 g/mol. The number of aryl methyl sites for hydroxylation is 1. The Hall–Kier alpha value is -4.26. The number of aliphatic hydroxyl groups is 1. The molecule has 1 amide bonds. The van der Waals surface area contributed by atoms with Crippen molar-refractivity contribution in [3.05, 3.63) is 88.5 Å². The summed E-state index contributed by atoms with van der Waals surface area (Å²) in [5.74, 6) is 0.361. The van der Waals surface area contributed by atoms with Gasteiger partial charge in [0, 0.05) is 11.3 Å². The van der Waals surface area contributed by atoms with Gasteiger partial charge in [-0.1, -0.05) is 26.0 Å². The summed E-state index contributed by atoms with van der Waals surface area (Å²) in [4.78, 5) is 28.7. The van der Waals surface area contributed by atoms with E-state index in [2.05, 4.69) is 0 Å². The van der Waals surface area contributed by atoms with Crippen LogP contribution < -0.4 is 19.1 Å². The fraction of sp³-hybridized carbons (Fsp3) is 0.333. The molecule has 1 unspecified atom stereocenters. The fourth-order valence-electron chi connectivity index (χ4n) is 5.04. The number of hydrogen-bond acceptors (Lipinski definition) is 6.